The Morgan fingerprint density at radius 2 is 2.00 bits per heavy atom. The summed E-state index contributed by atoms with van der Waals surface area (Å²) in [4.78, 5) is 29.7. The van der Waals surface area contributed by atoms with Crippen molar-refractivity contribution in [2.24, 2.45) is 0 Å². The fourth-order valence-electron chi connectivity index (χ4n) is 1.62. The van der Waals surface area contributed by atoms with Crippen LogP contribution in [0.5, 0.6) is 0 Å². The van der Waals surface area contributed by atoms with E-state index in [1.165, 1.54) is 4.90 Å². The second kappa shape index (κ2) is 6.83. The van der Waals surface area contributed by atoms with E-state index in [9.17, 15) is 9.59 Å². The number of carbonyl (C=O) groups is 2. The number of hydrogen-bond donors (Lipinski definition) is 1. The van der Waals surface area contributed by atoms with Crippen molar-refractivity contribution in [1.29, 1.82) is 0 Å². The fraction of sp³-hybridized carbons (Fsp3) is 0.500. The van der Waals surface area contributed by atoms with Gasteiger partial charge in [0.25, 0.3) is 5.91 Å². The maximum Gasteiger partial charge on any atom is 0.272 e. The second-order valence-corrected chi connectivity index (χ2v) is 6.39. The molecule has 5 nitrogen and oxygen atoms in total. The number of hydrogen-bond acceptors (Lipinski definition) is 3. The molecule has 0 saturated heterocycles. The van der Waals surface area contributed by atoms with Crippen LogP contribution in [-0.4, -0.2) is 40.3 Å². The van der Waals surface area contributed by atoms with Crippen LogP contribution in [-0.2, 0) is 4.79 Å². The van der Waals surface area contributed by atoms with Crippen molar-refractivity contribution in [2.75, 3.05) is 13.1 Å². The van der Waals surface area contributed by atoms with E-state index in [-0.39, 0.29) is 23.9 Å². The molecule has 0 aliphatic heterocycles. The van der Waals surface area contributed by atoms with Crippen LogP contribution in [0.3, 0.4) is 0 Å². The van der Waals surface area contributed by atoms with Crippen molar-refractivity contribution < 1.29 is 9.59 Å². The van der Waals surface area contributed by atoms with Crippen molar-refractivity contribution in [2.45, 2.75) is 33.2 Å². The molecule has 2 amide bonds. The Morgan fingerprint density at radius 1 is 1.35 bits per heavy atom. The first kappa shape index (κ1) is 16.6. The average molecular weight is 342 g/mol. The summed E-state index contributed by atoms with van der Waals surface area (Å²) in [6, 6.07) is 3.39. The molecule has 110 valence electrons. The van der Waals surface area contributed by atoms with Gasteiger partial charge < -0.3 is 10.2 Å². The lowest BCUT2D eigenvalue weighted by Crippen LogP contribution is -2.47. The zero-order valence-electron chi connectivity index (χ0n) is 12.2. The molecular formula is C14H20BrN3O2. The number of rotatable bonds is 4. The highest BCUT2D eigenvalue weighted by atomic mass is 79.9. The smallest absolute Gasteiger partial charge is 0.272 e. The third kappa shape index (κ3) is 5.28. The molecule has 1 aromatic heterocycles. The molecule has 1 rings (SSSR count). The average Bonchev–Trinajstić information content (AvgIpc) is 2.34. The minimum absolute atomic E-state index is 0.0321. The number of nitrogens with one attached hydrogen (secondary N) is 1. The van der Waals surface area contributed by atoms with E-state index in [0.29, 0.717) is 12.2 Å². The first-order valence-corrected chi connectivity index (χ1v) is 7.24. The minimum atomic E-state index is -0.310. The largest absolute Gasteiger partial charge is 0.350 e. The normalized spacial score (nSPS) is 11.1. The van der Waals surface area contributed by atoms with Crippen LogP contribution in [0.15, 0.2) is 22.8 Å². The molecule has 0 aliphatic rings. The Kier molecular flexibility index (Phi) is 5.68. The van der Waals surface area contributed by atoms with Gasteiger partial charge in [-0.05, 0) is 55.8 Å². The number of carbonyl (C=O) groups excluding carboxylic acids is 2. The Labute approximate surface area is 127 Å². The zero-order chi connectivity index (χ0) is 15.3. The summed E-state index contributed by atoms with van der Waals surface area (Å²) in [5, 5.41) is 2.84. The van der Waals surface area contributed by atoms with Gasteiger partial charge in [-0.2, -0.15) is 0 Å². The van der Waals surface area contributed by atoms with E-state index >= 15 is 0 Å². The molecular weight excluding hydrogens is 322 g/mol. The Hall–Kier alpha value is -1.43. The summed E-state index contributed by atoms with van der Waals surface area (Å²) in [5.74, 6) is -0.422. The summed E-state index contributed by atoms with van der Waals surface area (Å²) in [6.45, 7) is 8.03. The first-order valence-electron chi connectivity index (χ1n) is 6.45. The second-order valence-electron chi connectivity index (χ2n) is 5.48. The molecule has 1 aromatic rings. The van der Waals surface area contributed by atoms with Gasteiger partial charge in [0.05, 0.1) is 6.54 Å². The summed E-state index contributed by atoms with van der Waals surface area (Å²) in [6.07, 6.45) is 1.57. The number of pyridine rings is 1. The zero-order valence-corrected chi connectivity index (χ0v) is 13.8. The van der Waals surface area contributed by atoms with E-state index in [4.69, 9.17) is 0 Å². The quantitative estimate of drug-likeness (QED) is 0.913. The first-order chi connectivity index (χ1) is 9.23. The van der Waals surface area contributed by atoms with E-state index in [0.717, 1.165) is 4.47 Å². The highest BCUT2D eigenvalue weighted by molar-refractivity contribution is 9.10. The van der Waals surface area contributed by atoms with Gasteiger partial charge in [0.2, 0.25) is 5.91 Å². The maximum atomic E-state index is 12.3. The van der Waals surface area contributed by atoms with Crippen molar-refractivity contribution in [3.63, 3.8) is 0 Å². The number of halogens is 1. The maximum absolute atomic E-state index is 12.3. The van der Waals surface area contributed by atoms with Crippen molar-refractivity contribution >= 4 is 27.7 Å². The predicted octanol–water partition coefficient (Wildman–Crippen LogP) is 2.22. The summed E-state index contributed by atoms with van der Waals surface area (Å²) < 4.78 is 0.808. The number of likely N-dealkylation sites (N-methyl/N-ethyl adjacent to an activating group) is 1. The Balaban J connectivity index is 2.73. The van der Waals surface area contributed by atoms with E-state index in [1.54, 1.807) is 18.3 Å². The predicted molar refractivity (Wildman–Crippen MR) is 81.4 cm³/mol. The summed E-state index contributed by atoms with van der Waals surface area (Å²) in [5.41, 5.74) is 0.0219. The lowest BCUT2D eigenvalue weighted by Gasteiger charge is -2.24. The van der Waals surface area contributed by atoms with E-state index in [2.05, 4.69) is 26.2 Å². The molecule has 0 aromatic carbocycles. The van der Waals surface area contributed by atoms with Gasteiger partial charge in [0.1, 0.15) is 5.69 Å². The molecule has 0 spiro atoms. The SMILES string of the molecule is CCN(CC(=O)NC(C)(C)C)C(=O)c1ccc(Br)cn1. The monoisotopic (exact) mass is 341 g/mol. The molecule has 0 bridgehead atoms. The summed E-state index contributed by atoms with van der Waals surface area (Å²) in [7, 11) is 0. The van der Waals surface area contributed by atoms with Crippen LogP contribution in [0, 0.1) is 0 Å². The van der Waals surface area contributed by atoms with Gasteiger partial charge in [-0.3, -0.25) is 9.59 Å². The molecule has 0 fully saturated rings. The van der Waals surface area contributed by atoms with Crippen molar-refractivity contribution in [3.8, 4) is 0 Å². The fourth-order valence-corrected chi connectivity index (χ4v) is 1.86. The van der Waals surface area contributed by atoms with Crippen molar-refractivity contribution in [1.82, 2.24) is 15.2 Å². The van der Waals surface area contributed by atoms with Crippen LogP contribution >= 0.6 is 15.9 Å². The molecule has 1 heterocycles. The molecule has 0 aliphatic carbocycles. The van der Waals surface area contributed by atoms with E-state index < -0.39 is 0 Å². The highest BCUT2D eigenvalue weighted by Crippen LogP contribution is 2.09. The van der Waals surface area contributed by atoms with Crippen molar-refractivity contribution in [3.05, 3.63) is 28.5 Å². The van der Waals surface area contributed by atoms with Crippen LogP contribution in [0.25, 0.3) is 0 Å². The highest BCUT2D eigenvalue weighted by Gasteiger charge is 2.20. The van der Waals surface area contributed by atoms with Crippen LogP contribution in [0.2, 0.25) is 0 Å². The third-order valence-corrected chi connectivity index (χ3v) is 2.93. The molecule has 0 atom stereocenters. The van der Waals surface area contributed by atoms with Crippen LogP contribution < -0.4 is 5.32 Å². The molecule has 20 heavy (non-hydrogen) atoms. The molecule has 0 saturated carbocycles. The van der Waals surface area contributed by atoms with Gasteiger partial charge in [0.15, 0.2) is 0 Å². The number of aromatic nitrogens is 1. The lowest BCUT2D eigenvalue weighted by molar-refractivity contribution is -0.123. The van der Waals surface area contributed by atoms with Gasteiger partial charge >= 0.3 is 0 Å². The number of nitrogens with zero attached hydrogens (tertiary/aromatic N) is 2. The van der Waals surface area contributed by atoms with Gasteiger partial charge in [-0.15, -0.1) is 0 Å². The van der Waals surface area contributed by atoms with Crippen LogP contribution in [0.1, 0.15) is 38.2 Å². The molecule has 6 heteroatoms. The van der Waals surface area contributed by atoms with Gasteiger partial charge in [0, 0.05) is 22.8 Å². The topological polar surface area (TPSA) is 62.3 Å². The molecule has 0 radical (unpaired) electrons. The molecule has 1 N–H and O–H groups in total. The Bertz CT molecular complexity index is 480. The lowest BCUT2D eigenvalue weighted by atomic mass is 10.1. The van der Waals surface area contributed by atoms with E-state index in [1.807, 2.05) is 27.7 Å². The minimum Gasteiger partial charge on any atom is -0.350 e. The van der Waals surface area contributed by atoms with Gasteiger partial charge in [-0.25, -0.2) is 4.98 Å². The van der Waals surface area contributed by atoms with Crippen LogP contribution in [0.4, 0.5) is 0 Å². The third-order valence-electron chi connectivity index (χ3n) is 2.46. The molecule has 0 unspecified atom stereocenters. The van der Waals surface area contributed by atoms with Gasteiger partial charge in [-0.1, -0.05) is 0 Å². The standard InChI is InChI=1S/C14H20BrN3O2/c1-5-18(9-12(19)17-14(2,3)4)13(20)11-7-6-10(15)8-16-11/h6-8H,5,9H2,1-4H3,(H,17,19). The Morgan fingerprint density at radius 3 is 2.45 bits per heavy atom. The summed E-state index contributed by atoms with van der Waals surface area (Å²) >= 11 is 3.27. The number of amides is 2.